The molecule has 0 spiro atoms. The summed E-state index contributed by atoms with van der Waals surface area (Å²) in [6.07, 6.45) is 1.27. The molecule has 1 atom stereocenters. The van der Waals surface area contributed by atoms with Crippen LogP contribution in [-0.2, 0) is 9.53 Å². The first kappa shape index (κ1) is 15.5. The van der Waals surface area contributed by atoms with E-state index in [1.165, 1.54) is 0 Å². The molecule has 1 aromatic carbocycles. The second-order valence-corrected chi connectivity index (χ2v) is 5.44. The quantitative estimate of drug-likeness (QED) is 0.634. The van der Waals surface area contributed by atoms with Crippen molar-refractivity contribution >= 4 is 5.97 Å². The lowest BCUT2D eigenvalue weighted by Gasteiger charge is -2.22. The molecule has 106 valence electrons. The third-order valence-corrected chi connectivity index (χ3v) is 2.38. The summed E-state index contributed by atoms with van der Waals surface area (Å²) in [5.74, 6) is 0.473. The first-order valence-corrected chi connectivity index (χ1v) is 6.55. The van der Waals surface area contributed by atoms with Crippen LogP contribution < -0.4 is 10.5 Å². The van der Waals surface area contributed by atoms with Gasteiger partial charge in [0.1, 0.15) is 17.4 Å². The fourth-order valence-electron chi connectivity index (χ4n) is 1.51. The summed E-state index contributed by atoms with van der Waals surface area (Å²) in [7, 11) is 0. The van der Waals surface area contributed by atoms with Crippen molar-refractivity contribution in [2.75, 3.05) is 6.61 Å². The highest BCUT2D eigenvalue weighted by Gasteiger charge is 2.21. The summed E-state index contributed by atoms with van der Waals surface area (Å²) in [6, 6.07) is 8.98. The molecule has 0 heterocycles. The van der Waals surface area contributed by atoms with Crippen molar-refractivity contribution in [3.05, 3.63) is 30.3 Å². The number of nitrogens with two attached hydrogens (primary N) is 1. The third-order valence-electron chi connectivity index (χ3n) is 2.38. The number of benzene rings is 1. The first-order valence-electron chi connectivity index (χ1n) is 6.55. The molecule has 0 radical (unpaired) electrons. The number of hydrogen-bond acceptors (Lipinski definition) is 4. The van der Waals surface area contributed by atoms with E-state index in [-0.39, 0.29) is 5.97 Å². The van der Waals surface area contributed by atoms with Crippen LogP contribution in [0.25, 0.3) is 0 Å². The maximum Gasteiger partial charge on any atom is 0.323 e. The van der Waals surface area contributed by atoms with Gasteiger partial charge in [-0.25, -0.2) is 0 Å². The van der Waals surface area contributed by atoms with Gasteiger partial charge in [0.25, 0.3) is 0 Å². The first-order chi connectivity index (χ1) is 8.88. The van der Waals surface area contributed by atoms with E-state index in [1.54, 1.807) is 0 Å². The largest absolute Gasteiger partial charge is 0.494 e. The molecule has 0 aromatic heterocycles. The summed E-state index contributed by atoms with van der Waals surface area (Å²) in [5, 5.41) is 0. The number of para-hydroxylation sites is 1. The highest BCUT2D eigenvalue weighted by Crippen LogP contribution is 2.11. The Morgan fingerprint density at radius 1 is 1.26 bits per heavy atom. The summed E-state index contributed by atoms with van der Waals surface area (Å²) >= 11 is 0. The van der Waals surface area contributed by atoms with Crippen LogP contribution in [0.1, 0.15) is 33.6 Å². The fourth-order valence-corrected chi connectivity index (χ4v) is 1.51. The Bertz CT molecular complexity index is 384. The van der Waals surface area contributed by atoms with Crippen LogP contribution in [0, 0.1) is 0 Å². The zero-order chi connectivity index (χ0) is 14.3. The monoisotopic (exact) mass is 265 g/mol. The zero-order valence-corrected chi connectivity index (χ0v) is 11.9. The van der Waals surface area contributed by atoms with Gasteiger partial charge in [-0.15, -0.1) is 0 Å². The molecule has 0 amide bonds. The van der Waals surface area contributed by atoms with Gasteiger partial charge in [-0.2, -0.15) is 0 Å². The van der Waals surface area contributed by atoms with Gasteiger partial charge in [0.2, 0.25) is 0 Å². The highest BCUT2D eigenvalue weighted by atomic mass is 16.6. The van der Waals surface area contributed by atoms with Crippen molar-refractivity contribution in [2.45, 2.75) is 45.3 Å². The number of rotatable bonds is 6. The van der Waals surface area contributed by atoms with Gasteiger partial charge in [0.15, 0.2) is 0 Å². The van der Waals surface area contributed by atoms with E-state index in [0.717, 1.165) is 12.2 Å². The topological polar surface area (TPSA) is 61.5 Å². The van der Waals surface area contributed by atoms with Gasteiger partial charge < -0.3 is 15.2 Å². The number of esters is 1. The average Bonchev–Trinajstić information content (AvgIpc) is 2.33. The van der Waals surface area contributed by atoms with E-state index in [4.69, 9.17) is 15.2 Å². The number of hydrogen-bond donors (Lipinski definition) is 1. The minimum Gasteiger partial charge on any atom is -0.494 e. The van der Waals surface area contributed by atoms with Crippen LogP contribution in [-0.4, -0.2) is 24.2 Å². The molecule has 2 N–H and O–H groups in total. The molecule has 4 heteroatoms. The molecule has 0 bridgehead atoms. The highest BCUT2D eigenvalue weighted by molar-refractivity contribution is 5.75. The van der Waals surface area contributed by atoms with E-state index in [2.05, 4.69) is 0 Å². The molecule has 19 heavy (non-hydrogen) atoms. The van der Waals surface area contributed by atoms with Gasteiger partial charge in [0, 0.05) is 0 Å². The van der Waals surface area contributed by atoms with Crippen molar-refractivity contribution in [1.29, 1.82) is 0 Å². The average molecular weight is 265 g/mol. The smallest absolute Gasteiger partial charge is 0.323 e. The molecule has 0 aliphatic rings. The van der Waals surface area contributed by atoms with Gasteiger partial charge in [0.05, 0.1) is 6.61 Å². The number of ether oxygens (including phenoxy) is 2. The minimum atomic E-state index is -0.585. The molecule has 1 aromatic rings. The fraction of sp³-hybridized carbons (Fsp3) is 0.533. The lowest BCUT2D eigenvalue weighted by atomic mass is 10.1. The van der Waals surface area contributed by atoms with Crippen LogP contribution in [0.2, 0.25) is 0 Å². The van der Waals surface area contributed by atoms with Crippen molar-refractivity contribution in [2.24, 2.45) is 5.73 Å². The van der Waals surface area contributed by atoms with Crippen molar-refractivity contribution in [3.63, 3.8) is 0 Å². The lowest BCUT2D eigenvalue weighted by molar-refractivity contribution is -0.156. The maximum atomic E-state index is 11.6. The predicted molar refractivity (Wildman–Crippen MR) is 75.0 cm³/mol. The third kappa shape index (κ3) is 6.82. The van der Waals surface area contributed by atoms with Crippen molar-refractivity contribution < 1.29 is 14.3 Å². The molecular formula is C15H23NO3. The van der Waals surface area contributed by atoms with Crippen LogP contribution in [0.3, 0.4) is 0 Å². The number of carbonyl (C=O) groups is 1. The summed E-state index contributed by atoms with van der Waals surface area (Å²) < 4.78 is 10.7. The van der Waals surface area contributed by atoms with Crippen LogP contribution >= 0.6 is 0 Å². The molecule has 4 nitrogen and oxygen atoms in total. The maximum absolute atomic E-state index is 11.6. The second kappa shape index (κ2) is 7.14. The summed E-state index contributed by atoms with van der Waals surface area (Å²) in [6.45, 7) is 6.03. The SMILES string of the molecule is CC(C)(C)OC(=O)C(N)CCCOc1ccccc1. The van der Waals surface area contributed by atoms with E-state index < -0.39 is 11.6 Å². The summed E-state index contributed by atoms with van der Waals surface area (Å²) in [4.78, 5) is 11.6. The minimum absolute atomic E-state index is 0.354. The van der Waals surface area contributed by atoms with Crippen molar-refractivity contribution in [1.82, 2.24) is 0 Å². The van der Waals surface area contributed by atoms with Crippen LogP contribution in [0.4, 0.5) is 0 Å². The normalized spacial score (nSPS) is 12.8. The predicted octanol–water partition coefficient (Wildman–Crippen LogP) is 2.51. The van der Waals surface area contributed by atoms with Crippen molar-refractivity contribution in [3.8, 4) is 5.75 Å². The number of carbonyl (C=O) groups excluding carboxylic acids is 1. The van der Waals surface area contributed by atoms with Gasteiger partial charge in [-0.05, 0) is 45.7 Å². The zero-order valence-electron chi connectivity index (χ0n) is 11.9. The van der Waals surface area contributed by atoms with E-state index in [1.807, 2.05) is 51.1 Å². The van der Waals surface area contributed by atoms with Gasteiger partial charge in [-0.1, -0.05) is 18.2 Å². The summed E-state index contributed by atoms with van der Waals surface area (Å²) in [5.41, 5.74) is 5.28. The van der Waals surface area contributed by atoms with Gasteiger partial charge >= 0.3 is 5.97 Å². The molecule has 1 unspecified atom stereocenters. The standard InChI is InChI=1S/C15H23NO3/c1-15(2,3)19-14(17)13(16)10-7-11-18-12-8-5-4-6-9-12/h4-6,8-9,13H,7,10-11,16H2,1-3H3. The molecule has 0 saturated carbocycles. The Kier molecular flexibility index (Phi) is 5.83. The Hall–Kier alpha value is -1.55. The molecule has 1 rings (SSSR count). The van der Waals surface area contributed by atoms with Crippen LogP contribution in [0.5, 0.6) is 5.75 Å². The van der Waals surface area contributed by atoms with E-state index in [9.17, 15) is 4.79 Å². The molecule has 0 aliphatic heterocycles. The molecule has 0 fully saturated rings. The van der Waals surface area contributed by atoms with E-state index in [0.29, 0.717) is 13.0 Å². The van der Waals surface area contributed by atoms with Crippen LogP contribution in [0.15, 0.2) is 30.3 Å². The lowest BCUT2D eigenvalue weighted by Crippen LogP contribution is -2.37. The molecular weight excluding hydrogens is 242 g/mol. The Morgan fingerprint density at radius 3 is 2.47 bits per heavy atom. The Balaban J connectivity index is 2.20. The molecule has 0 saturated heterocycles. The Labute approximate surface area is 114 Å². The Morgan fingerprint density at radius 2 is 1.89 bits per heavy atom. The second-order valence-electron chi connectivity index (χ2n) is 5.44. The van der Waals surface area contributed by atoms with E-state index >= 15 is 0 Å². The molecule has 0 aliphatic carbocycles. The van der Waals surface area contributed by atoms with Gasteiger partial charge in [-0.3, -0.25) is 4.79 Å².